The lowest BCUT2D eigenvalue weighted by atomic mass is 10.2. The van der Waals surface area contributed by atoms with Crippen molar-refractivity contribution in [1.82, 2.24) is 15.1 Å². The molecule has 0 bridgehead atoms. The molecule has 2 aromatic carbocycles. The van der Waals surface area contributed by atoms with Gasteiger partial charge in [-0.2, -0.15) is 0 Å². The molecule has 10 heteroatoms. The number of hydrogen-bond acceptors (Lipinski definition) is 5. The minimum Gasteiger partial charge on any atom is -0.339 e. The molecule has 176 valence electrons. The highest BCUT2D eigenvalue weighted by Gasteiger charge is 2.39. The van der Waals surface area contributed by atoms with Gasteiger partial charge in [-0.25, -0.2) is 12.8 Å². The Kier molecular flexibility index (Phi) is 7.47. The summed E-state index contributed by atoms with van der Waals surface area (Å²) in [6, 6.07) is 10.5. The third-order valence-corrected chi connectivity index (χ3v) is 7.37. The fourth-order valence-corrected chi connectivity index (χ4v) is 4.97. The Hall–Kier alpha value is -3.27. The molecule has 0 aliphatic carbocycles. The molecule has 1 heterocycles. The standard InChI is InChI=1S/C23H26FN3O5S/c1-3-20(28)26-12-14-27(15-13-26)23(30)22(25-21(29)17-6-8-18(24)9-7-17)33(31,32)19-10-4-16(2)5-11-19/h4-11,22H,3,12-15H2,1-2H3,(H,25,29)/t22-/m0/s1. The van der Waals surface area contributed by atoms with Gasteiger partial charge in [0.2, 0.25) is 21.1 Å². The van der Waals surface area contributed by atoms with Crippen LogP contribution in [0.3, 0.4) is 0 Å². The van der Waals surface area contributed by atoms with Gasteiger partial charge >= 0.3 is 0 Å². The Morgan fingerprint density at radius 2 is 1.48 bits per heavy atom. The number of nitrogens with one attached hydrogen (secondary N) is 1. The van der Waals surface area contributed by atoms with Gasteiger partial charge in [-0.3, -0.25) is 14.4 Å². The van der Waals surface area contributed by atoms with Crippen LogP contribution in [0.5, 0.6) is 0 Å². The predicted molar refractivity (Wildman–Crippen MR) is 119 cm³/mol. The molecular formula is C23H26FN3O5S. The molecule has 0 saturated carbocycles. The van der Waals surface area contributed by atoms with Gasteiger partial charge in [0.15, 0.2) is 0 Å². The molecule has 0 unspecified atom stereocenters. The third-order valence-electron chi connectivity index (χ3n) is 5.50. The number of carbonyl (C=O) groups excluding carboxylic acids is 3. The number of piperazine rings is 1. The molecule has 0 aromatic heterocycles. The summed E-state index contributed by atoms with van der Waals surface area (Å²) in [7, 11) is -4.29. The number of carbonyl (C=O) groups is 3. The Balaban J connectivity index is 1.88. The Bertz CT molecular complexity index is 1130. The van der Waals surface area contributed by atoms with Crippen LogP contribution in [0.15, 0.2) is 53.4 Å². The number of halogens is 1. The van der Waals surface area contributed by atoms with Crippen molar-refractivity contribution in [2.45, 2.75) is 30.5 Å². The first-order chi connectivity index (χ1) is 15.6. The number of amides is 3. The summed E-state index contributed by atoms with van der Waals surface area (Å²) >= 11 is 0. The van der Waals surface area contributed by atoms with Crippen molar-refractivity contribution in [3.8, 4) is 0 Å². The van der Waals surface area contributed by atoms with E-state index in [1.165, 1.54) is 29.2 Å². The second kappa shape index (κ2) is 10.1. The van der Waals surface area contributed by atoms with Crippen LogP contribution < -0.4 is 5.32 Å². The highest BCUT2D eigenvalue weighted by molar-refractivity contribution is 7.92. The first-order valence-corrected chi connectivity index (χ1v) is 12.1. The van der Waals surface area contributed by atoms with Crippen molar-refractivity contribution >= 4 is 27.6 Å². The van der Waals surface area contributed by atoms with Crippen molar-refractivity contribution in [1.29, 1.82) is 0 Å². The van der Waals surface area contributed by atoms with Gasteiger partial charge in [-0.15, -0.1) is 0 Å². The van der Waals surface area contributed by atoms with Gasteiger partial charge in [0, 0.05) is 38.2 Å². The van der Waals surface area contributed by atoms with Crippen LogP contribution in [0.4, 0.5) is 4.39 Å². The molecule has 1 N–H and O–H groups in total. The van der Waals surface area contributed by atoms with E-state index in [0.717, 1.165) is 17.7 Å². The monoisotopic (exact) mass is 475 g/mol. The Morgan fingerprint density at radius 3 is 2.03 bits per heavy atom. The van der Waals surface area contributed by atoms with Crippen LogP contribution in [-0.2, 0) is 19.4 Å². The second-order valence-corrected chi connectivity index (χ2v) is 9.81. The number of aryl methyl sites for hydroxylation is 1. The van der Waals surface area contributed by atoms with Crippen LogP contribution in [0.2, 0.25) is 0 Å². The van der Waals surface area contributed by atoms with E-state index in [4.69, 9.17) is 0 Å². The largest absolute Gasteiger partial charge is 0.339 e. The number of rotatable bonds is 6. The molecule has 3 amide bonds. The lowest BCUT2D eigenvalue weighted by molar-refractivity contribution is -0.139. The fourth-order valence-electron chi connectivity index (χ4n) is 3.51. The number of hydrogen-bond donors (Lipinski definition) is 1. The first kappa shape index (κ1) is 24.4. The maximum Gasteiger partial charge on any atom is 0.261 e. The molecule has 1 fully saturated rings. The zero-order chi connectivity index (χ0) is 24.2. The molecule has 0 spiro atoms. The van der Waals surface area contributed by atoms with Gasteiger partial charge in [0.25, 0.3) is 11.8 Å². The summed E-state index contributed by atoms with van der Waals surface area (Å²) in [6.45, 7) is 4.40. The zero-order valence-corrected chi connectivity index (χ0v) is 19.3. The van der Waals surface area contributed by atoms with E-state index in [1.807, 2.05) is 0 Å². The zero-order valence-electron chi connectivity index (χ0n) is 18.5. The van der Waals surface area contributed by atoms with E-state index >= 15 is 0 Å². The molecule has 1 saturated heterocycles. The molecule has 2 aromatic rings. The molecule has 0 radical (unpaired) electrons. The maximum absolute atomic E-state index is 13.4. The van der Waals surface area contributed by atoms with Crippen LogP contribution in [0.25, 0.3) is 0 Å². The molecule has 1 aliphatic rings. The number of benzene rings is 2. The normalized spacial score (nSPS) is 15.1. The smallest absolute Gasteiger partial charge is 0.261 e. The van der Waals surface area contributed by atoms with Crippen molar-refractivity contribution in [3.05, 3.63) is 65.5 Å². The molecule has 1 aliphatic heterocycles. The molecule has 8 nitrogen and oxygen atoms in total. The summed E-state index contributed by atoms with van der Waals surface area (Å²) in [5.74, 6) is -2.19. The summed E-state index contributed by atoms with van der Waals surface area (Å²) in [6.07, 6.45) is 0.339. The van der Waals surface area contributed by atoms with E-state index in [9.17, 15) is 27.2 Å². The maximum atomic E-state index is 13.4. The summed E-state index contributed by atoms with van der Waals surface area (Å²) in [4.78, 5) is 40.8. The van der Waals surface area contributed by atoms with E-state index in [-0.39, 0.29) is 42.5 Å². The molecular weight excluding hydrogens is 449 g/mol. The lowest BCUT2D eigenvalue weighted by Gasteiger charge is -2.36. The Morgan fingerprint density at radius 1 is 0.939 bits per heavy atom. The van der Waals surface area contributed by atoms with Crippen molar-refractivity contribution in [2.24, 2.45) is 0 Å². The second-order valence-electron chi connectivity index (χ2n) is 7.78. The number of nitrogens with zero attached hydrogens (tertiary/aromatic N) is 2. The van der Waals surface area contributed by atoms with Crippen molar-refractivity contribution in [2.75, 3.05) is 26.2 Å². The van der Waals surface area contributed by atoms with Crippen molar-refractivity contribution in [3.63, 3.8) is 0 Å². The van der Waals surface area contributed by atoms with Gasteiger partial charge < -0.3 is 15.1 Å². The fraction of sp³-hybridized carbons (Fsp3) is 0.348. The average Bonchev–Trinajstić information content (AvgIpc) is 2.82. The van der Waals surface area contributed by atoms with Crippen LogP contribution in [-0.4, -0.2) is 67.5 Å². The molecule has 1 atom stereocenters. The highest BCUT2D eigenvalue weighted by atomic mass is 32.2. The molecule has 33 heavy (non-hydrogen) atoms. The lowest BCUT2D eigenvalue weighted by Crippen LogP contribution is -2.57. The van der Waals surface area contributed by atoms with Gasteiger partial charge in [-0.05, 0) is 43.3 Å². The SMILES string of the molecule is CCC(=O)N1CCN(C(=O)[C@@H](NC(=O)c2ccc(F)cc2)S(=O)(=O)c2ccc(C)cc2)CC1. The quantitative estimate of drug-likeness (QED) is 0.686. The first-order valence-electron chi connectivity index (χ1n) is 10.6. The topological polar surface area (TPSA) is 104 Å². The third kappa shape index (κ3) is 5.57. The Labute approximate surface area is 192 Å². The van der Waals surface area contributed by atoms with E-state index in [1.54, 1.807) is 30.9 Å². The summed E-state index contributed by atoms with van der Waals surface area (Å²) in [5, 5.41) is 0.458. The predicted octanol–water partition coefficient (Wildman–Crippen LogP) is 1.74. The van der Waals surface area contributed by atoms with E-state index in [2.05, 4.69) is 5.32 Å². The van der Waals surface area contributed by atoms with Gasteiger partial charge in [0.05, 0.1) is 4.90 Å². The van der Waals surface area contributed by atoms with E-state index in [0.29, 0.717) is 6.42 Å². The van der Waals surface area contributed by atoms with Crippen LogP contribution in [0, 0.1) is 12.7 Å². The van der Waals surface area contributed by atoms with Gasteiger partial charge in [-0.1, -0.05) is 24.6 Å². The molecule has 3 rings (SSSR count). The summed E-state index contributed by atoms with van der Waals surface area (Å²) < 4.78 is 40.0. The van der Waals surface area contributed by atoms with Crippen molar-refractivity contribution < 1.29 is 27.2 Å². The minimum atomic E-state index is -4.29. The van der Waals surface area contributed by atoms with Crippen LogP contribution >= 0.6 is 0 Å². The highest BCUT2D eigenvalue weighted by Crippen LogP contribution is 2.19. The average molecular weight is 476 g/mol. The van der Waals surface area contributed by atoms with E-state index < -0.39 is 32.8 Å². The van der Waals surface area contributed by atoms with Gasteiger partial charge in [0.1, 0.15) is 5.82 Å². The summed E-state index contributed by atoms with van der Waals surface area (Å²) in [5.41, 5.74) is 0.857. The minimum absolute atomic E-state index is 0.0201. The van der Waals surface area contributed by atoms with Crippen LogP contribution in [0.1, 0.15) is 29.3 Å². The number of sulfone groups is 1.